The summed E-state index contributed by atoms with van der Waals surface area (Å²) in [6.07, 6.45) is -7.49. The number of carbonyl (C=O) groups is 1. The molecule has 11 N–H and O–H groups in total. The molecule has 3 fully saturated rings. The number of carbonyl (C=O) groups excluding carboxylic acids is 1. The van der Waals surface area contributed by atoms with Crippen LogP contribution in [-0.2, 0) is 23.7 Å². The van der Waals surface area contributed by atoms with Crippen molar-refractivity contribution < 1.29 is 79.9 Å². The SMILES string of the molecule is C/C(=C\C[C@@H](O[C@H]1O[C@@H](CO)[C@H](O)[C@@H](O)[C@@H]1O)/C(C)=C/CC[C@]1(C)[C@@H](CCCO[C@H]2O[C@@H](CO)[C@H](O)[C@@H](O)[C@@H]2O)/C(=C(\C)C=O)CC[C@]1(C)O)CC[C@H](O)C(C)(C)O. The Labute approximate surface area is 342 Å². The first kappa shape index (κ1) is 50.6. The summed E-state index contributed by atoms with van der Waals surface area (Å²) in [5, 5.41) is 114. The summed E-state index contributed by atoms with van der Waals surface area (Å²) >= 11 is 0. The van der Waals surface area contributed by atoms with Gasteiger partial charge in [0.15, 0.2) is 12.6 Å². The molecule has 0 aromatic rings. The molecule has 0 unspecified atom stereocenters. The number of hydrogen-bond acceptors (Lipinski definition) is 16. The summed E-state index contributed by atoms with van der Waals surface area (Å²) < 4.78 is 23.2. The fourth-order valence-electron chi connectivity index (χ4n) is 8.32. The summed E-state index contributed by atoms with van der Waals surface area (Å²) in [6, 6.07) is 0. The zero-order valence-corrected chi connectivity index (χ0v) is 35.2. The Hall–Kier alpha value is -1.71. The van der Waals surface area contributed by atoms with Gasteiger partial charge in [-0.25, -0.2) is 0 Å². The first-order valence-electron chi connectivity index (χ1n) is 20.5. The van der Waals surface area contributed by atoms with Crippen molar-refractivity contribution in [1.82, 2.24) is 0 Å². The molecule has 0 amide bonds. The van der Waals surface area contributed by atoms with Crippen LogP contribution in [-0.4, -0.2) is 167 Å². The van der Waals surface area contributed by atoms with Crippen LogP contribution in [0.15, 0.2) is 34.4 Å². The lowest BCUT2D eigenvalue weighted by molar-refractivity contribution is -0.308. The Kier molecular flexibility index (Phi) is 19.1. The van der Waals surface area contributed by atoms with Crippen molar-refractivity contribution in [3.63, 3.8) is 0 Å². The van der Waals surface area contributed by atoms with E-state index in [0.717, 1.165) is 23.0 Å². The molecule has 2 saturated heterocycles. The van der Waals surface area contributed by atoms with Gasteiger partial charge >= 0.3 is 0 Å². The van der Waals surface area contributed by atoms with E-state index in [1.807, 2.05) is 32.9 Å². The van der Waals surface area contributed by atoms with Crippen molar-refractivity contribution in [2.24, 2.45) is 11.3 Å². The monoisotopic (exact) mass is 832 g/mol. The second-order valence-electron chi connectivity index (χ2n) is 17.6. The third-order valence-corrected chi connectivity index (χ3v) is 12.8. The molecule has 2 aliphatic heterocycles. The lowest BCUT2D eigenvalue weighted by Gasteiger charge is -2.53. The Morgan fingerprint density at radius 1 is 0.897 bits per heavy atom. The smallest absolute Gasteiger partial charge is 0.187 e. The topological polar surface area (TPSA) is 277 Å². The lowest BCUT2D eigenvalue weighted by Crippen LogP contribution is -2.59. The van der Waals surface area contributed by atoms with Crippen molar-refractivity contribution in [2.75, 3.05) is 19.8 Å². The van der Waals surface area contributed by atoms with Gasteiger partial charge in [0, 0.05) is 12.0 Å². The zero-order valence-electron chi connectivity index (χ0n) is 35.2. The maximum Gasteiger partial charge on any atom is 0.187 e. The number of ether oxygens (including phenoxy) is 4. The number of aliphatic hydroxyl groups is 11. The van der Waals surface area contributed by atoms with E-state index in [-0.39, 0.29) is 12.5 Å². The van der Waals surface area contributed by atoms with E-state index in [1.54, 1.807) is 13.8 Å². The van der Waals surface area contributed by atoms with Gasteiger partial charge in [0.05, 0.1) is 36.6 Å². The van der Waals surface area contributed by atoms with Crippen molar-refractivity contribution >= 4 is 6.29 Å². The normalized spacial score (nSPS) is 38.7. The quantitative estimate of drug-likeness (QED) is 0.0344. The number of aliphatic hydroxyl groups excluding tert-OH is 9. The Balaban J connectivity index is 1.84. The van der Waals surface area contributed by atoms with Gasteiger partial charge in [0.25, 0.3) is 0 Å². The molecule has 336 valence electrons. The largest absolute Gasteiger partial charge is 0.394 e. The third kappa shape index (κ3) is 12.4. The summed E-state index contributed by atoms with van der Waals surface area (Å²) in [5.41, 5.74) is -0.0130. The van der Waals surface area contributed by atoms with Gasteiger partial charge in [-0.1, -0.05) is 30.2 Å². The highest BCUT2D eigenvalue weighted by molar-refractivity contribution is 5.74. The lowest BCUT2D eigenvalue weighted by atomic mass is 9.54. The first-order chi connectivity index (χ1) is 27.0. The minimum Gasteiger partial charge on any atom is -0.394 e. The van der Waals surface area contributed by atoms with E-state index in [1.165, 1.54) is 13.8 Å². The maximum absolute atomic E-state index is 12.1. The predicted octanol–water partition coefficient (Wildman–Crippen LogP) is 0.426. The van der Waals surface area contributed by atoms with E-state index in [9.17, 15) is 61.0 Å². The molecule has 15 atom stereocenters. The van der Waals surface area contributed by atoms with Crippen LogP contribution in [0.3, 0.4) is 0 Å². The molecule has 0 spiro atoms. The Morgan fingerprint density at radius 2 is 1.47 bits per heavy atom. The summed E-state index contributed by atoms with van der Waals surface area (Å²) in [5.74, 6) is -0.264. The Morgan fingerprint density at radius 3 is 2.02 bits per heavy atom. The van der Waals surface area contributed by atoms with Crippen LogP contribution in [0.25, 0.3) is 0 Å². The maximum atomic E-state index is 12.1. The van der Waals surface area contributed by atoms with Crippen LogP contribution < -0.4 is 0 Å². The minimum absolute atomic E-state index is 0.0739. The molecule has 58 heavy (non-hydrogen) atoms. The van der Waals surface area contributed by atoms with Gasteiger partial charge in [-0.05, 0) is 116 Å². The summed E-state index contributed by atoms with van der Waals surface area (Å²) in [4.78, 5) is 12.1. The van der Waals surface area contributed by atoms with E-state index < -0.39 is 103 Å². The fraction of sp³-hybridized carbons (Fsp3) is 0.833. The van der Waals surface area contributed by atoms with E-state index >= 15 is 0 Å². The number of aldehydes is 1. The highest BCUT2D eigenvalue weighted by Crippen LogP contribution is 2.55. The minimum atomic E-state index is -1.63. The number of allylic oxidation sites excluding steroid dienone is 4. The fourth-order valence-corrected chi connectivity index (χ4v) is 8.32. The molecule has 3 aliphatic rings. The molecule has 0 aromatic heterocycles. The van der Waals surface area contributed by atoms with Gasteiger partial charge in [-0.15, -0.1) is 0 Å². The van der Waals surface area contributed by atoms with E-state index in [2.05, 4.69) is 0 Å². The van der Waals surface area contributed by atoms with Gasteiger partial charge < -0.3 is 75.1 Å². The molecule has 16 nitrogen and oxygen atoms in total. The average Bonchev–Trinajstić information content (AvgIpc) is 3.17. The highest BCUT2D eigenvalue weighted by Gasteiger charge is 2.52. The molecule has 16 heteroatoms. The molecule has 2 heterocycles. The zero-order chi connectivity index (χ0) is 43.7. The first-order valence-corrected chi connectivity index (χ1v) is 20.5. The van der Waals surface area contributed by atoms with Crippen molar-refractivity contribution in [3.8, 4) is 0 Å². The molecule has 0 radical (unpaired) electrons. The molecular weight excluding hydrogens is 760 g/mol. The van der Waals surface area contributed by atoms with Crippen molar-refractivity contribution in [3.05, 3.63) is 34.4 Å². The standard InChI is InChI=1S/C42H72O16/c1-23(13-15-31(46)40(4,5)53)12-14-28(56-39-37(52)35(50)33(48)30(22-45)58-39)24(2)10-8-17-41(6)27(26(25(3)20-43)16-18-42(41,7)54)11-9-19-55-38-36(51)34(49)32(47)29(21-44)57-38/h10,12,20,27-39,44-54H,8-9,11,13-19,21-22H2,1-7H3/b23-12+,24-10+,26-25+/t27-,28+,29-,30-,31-,32-,33-,34+,35+,36-,37-,38-,39-,41+,42-/m0/s1. The van der Waals surface area contributed by atoms with E-state index in [0.29, 0.717) is 63.4 Å². The molecule has 3 rings (SSSR count). The van der Waals surface area contributed by atoms with Crippen molar-refractivity contribution in [1.29, 1.82) is 0 Å². The van der Waals surface area contributed by atoms with Crippen LogP contribution in [0.4, 0.5) is 0 Å². The molecular formula is C42H72O16. The van der Waals surface area contributed by atoms with Crippen LogP contribution >= 0.6 is 0 Å². The number of hydrogen-bond donors (Lipinski definition) is 11. The van der Waals surface area contributed by atoms with Gasteiger partial charge in [0.2, 0.25) is 0 Å². The number of rotatable bonds is 20. The van der Waals surface area contributed by atoms with Gasteiger partial charge in [-0.3, -0.25) is 4.79 Å². The van der Waals surface area contributed by atoms with Crippen molar-refractivity contribution in [2.45, 2.75) is 191 Å². The molecule has 0 bridgehead atoms. The van der Waals surface area contributed by atoms with Gasteiger partial charge in [-0.2, -0.15) is 0 Å². The summed E-state index contributed by atoms with van der Waals surface area (Å²) in [6.45, 7) is 11.2. The molecule has 1 saturated carbocycles. The van der Waals surface area contributed by atoms with Crippen LogP contribution in [0.2, 0.25) is 0 Å². The second kappa shape index (κ2) is 21.9. The summed E-state index contributed by atoms with van der Waals surface area (Å²) in [7, 11) is 0. The average molecular weight is 833 g/mol. The van der Waals surface area contributed by atoms with Gasteiger partial charge in [0.1, 0.15) is 55.1 Å². The second-order valence-corrected chi connectivity index (χ2v) is 17.6. The molecule has 1 aliphatic carbocycles. The van der Waals surface area contributed by atoms with Crippen LogP contribution in [0.5, 0.6) is 0 Å². The molecule has 0 aromatic carbocycles. The highest BCUT2D eigenvalue weighted by atomic mass is 16.7. The Bertz CT molecular complexity index is 1390. The van der Waals surface area contributed by atoms with E-state index in [4.69, 9.17) is 18.9 Å². The predicted molar refractivity (Wildman–Crippen MR) is 211 cm³/mol. The van der Waals surface area contributed by atoms with Crippen LogP contribution in [0, 0.1) is 11.3 Å². The third-order valence-electron chi connectivity index (χ3n) is 12.8. The van der Waals surface area contributed by atoms with Crippen LogP contribution in [0.1, 0.15) is 106 Å².